The van der Waals surface area contributed by atoms with Gasteiger partial charge in [0, 0.05) is 0 Å². The number of rotatable bonds is 7. The van der Waals surface area contributed by atoms with Crippen molar-refractivity contribution in [2.45, 2.75) is 39.2 Å². The first kappa shape index (κ1) is 18.4. The first-order valence-corrected chi connectivity index (χ1v) is 9.32. The van der Waals surface area contributed by atoms with Crippen LogP contribution in [0.15, 0.2) is 24.3 Å². The third kappa shape index (κ3) is 5.29. The molecule has 0 bridgehead atoms. The van der Waals surface area contributed by atoms with Crippen LogP contribution in [-0.2, 0) is 13.0 Å². The lowest BCUT2D eigenvalue weighted by atomic mass is 9.90. The van der Waals surface area contributed by atoms with Gasteiger partial charge in [0.25, 0.3) is 0 Å². The predicted octanol–water partition coefficient (Wildman–Crippen LogP) is 2.28. The van der Waals surface area contributed by atoms with Crippen LogP contribution >= 0.6 is 0 Å². The van der Waals surface area contributed by atoms with Gasteiger partial charge in [-0.3, -0.25) is 4.90 Å². The molecule has 1 fully saturated rings. The molecule has 0 amide bonds. The maximum Gasteiger partial charge on any atom is 0.225 e. The molecule has 7 heteroatoms. The molecular formula is C19H28N6O. The lowest BCUT2D eigenvalue weighted by molar-refractivity contribution is 0.169. The summed E-state index contributed by atoms with van der Waals surface area (Å²) < 4.78 is 5.50. The molecule has 7 nitrogen and oxygen atoms in total. The smallest absolute Gasteiger partial charge is 0.225 e. The van der Waals surface area contributed by atoms with Crippen molar-refractivity contribution in [3.63, 3.8) is 0 Å². The molecule has 2 heterocycles. The second-order valence-electron chi connectivity index (χ2n) is 6.80. The van der Waals surface area contributed by atoms with E-state index in [1.807, 2.05) is 6.92 Å². The van der Waals surface area contributed by atoms with Crippen LogP contribution in [0, 0.1) is 5.92 Å². The third-order valence-electron chi connectivity index (χ3n) is 4.86. The maximum atomic E-state index is 5.64. The van der Waals surface area contributed by atoms with Gasteiger partial charge in [0.05, 0.1) is 13.2 Å². The molecule has 0 radical (unpaired) electrons. The van der Waals surface area contributed by atoms with Crippen LogP contribution in [0.5, 0.6) is 5.75 Å². The summed E-state index contributed by atoms with van der Waals surface area (Å²) in [5.74, 6) is 2.76. The van der Waals surface area contributed by atoms with Crippen LogP contribution in [0.3, 0.4) is 0 Å². The minimum Gasteiger partial charge on any atom is -0.494 e. The standard InChI is InChI=1S/C19H28N6O/c1-2-26-16-7-5-14(6-8-16)3-4-15-9-11-25(12-10-15)13-17-22-18(20)24-19(21)23-17/h5-8,15H,2-4,9-13H2,1H3,(H4,20,21,22,23,24). The molecule has 1 aliphatic heterocycles. The molecule has 0 unspecified atom stereocenters. The van der Waals surface area contributed by atoms with Crippen molar-refractivity contribution in [1.29, 1.82) is 0 Å². The molecule has 4 N–H and O–H groups in total. The summed E-state index contributed by atoms with van der Waals surface area (Å²) in [5.41, 5.74) is 12.7. The van der Waals surface area contributed by atoms with E-state index in [0.717, 1.165) is 31.2 Å². The Kier molecular flexibility index (Phi) is 6.22. The van der Waals surface area contributed by atoms with Gasteiger partial charge < -0.3 is 16.2 Å². The lowest BCUT2D eigenvalue weighted by Crippen LogP contribution is -2.34. The molecule has 1 aliphatic rings. The number of ether oxygens (including phenoxy) is 1. The molecule has 3 rings (SSSR count). The van der Waals surface area contributed by atoms with E-state index in [2.05, 4.69) is 44.1 Å². The van der Waals surface area contributed by atoms with E-state index < -0.39 is 0 Å². The third-order valence-corrected chi connectivity index (χ3v) is 4.86. The zero-order valence-electron chi connectivity index (χ0n) is 15.4. The number of benzene rings is 1. The van der Waals surface area contributed by atoms with Gasteiger partial charge in [-0.1, -0.05) is 12.1 Å². The van der Waals surface area contributed by atoms with Crippen LogP contribution in [0.25, 0.3) is 0 Å². The van der Waals surface area contributed by atoms with Gasteiger partial charge in [-0.05, 0) is 69.3 Å². The molecule has 0 saturated carbocycles. The van der Waals surface area contributed by atoms with Gasteiger partial charge in [-0.2, -0.15) is 15.0 Å². The van der Waals surface area contributed by atoms with Crippen LogP contribution in [0.4, 0.5) is 11.9 Å². The van der Waals surface area contributed by atoms with Crippen LogP contribution in [0.1, 0.15) is 37.6 Å². The Morgan fingerprint density at radius 3 is 2.31 bits per heavy atom. The fraction of sp³-hybridized carbons (Fsp3) is 0.526. The summed E-state index contributed by atoms with van der Waals surface area (Å²) in [4.78, 5) is 14.5. The number of nitrogens with two attached hydrogens (primary N) is 2. The highest BCUT2D eigenvalue weighted by Crippen LogP contribution is 2.24. The first-order chi connectivity index (χ1) is 12.6. The SMILES string of the molecule is CCOc1ccc(CCC2CCN(Cc3nc(N)nc(N)n3)CC2)cc1. The van der Waals surface area contributed by atoms with Crippen molar-refractivity contribution in [2.24, 2.45) is 5.92 Å². The summed E-state index contributed by atoms with van der Waals surface area (Å²) in [6.07, 6.45) is 4.76. The van der Waals surface area contributed by atoms with E-state index in [1.165, 1.54) is 24.8 Å². The van der Waals surface area contributed by atoms with Gasteiger partial charge in [-0.15, -0.1) is 0 Å². The van der Waals surface area contributed by atoms with E-state index in [4.69, 9.17) is 16.2 Å². The molecular weight excluding hydrogens is 328 g/mol. The number of nitrogen functional groups attached to an aromatic ring is 2. The zero-order valence-corrected chi connectivity index (χ0v) is 15.4. The van der Waals surface area contributed by atoms with E-state index in [-0.39, 0.29) is 11.9 Å². The number of aromatic nitrogens is 3. The number of hydrogen-bond donors (Lipinski definition) is 2. The molecule has 1 saturated heterocycles. The van der Waals surface area contributed by atoms with E-state index in [9.17, 15) is 0 Å². The molecule has 0 aliphatic carbocycles. The number of anilines is 2. The zero-order chi connectivity index (χ0) is 18.4. The van der Waals surface area contributed by atoms with Crippen molar-refractivity contribution in [2.75, 3.05) is 31.2 Å². The Labute approximate surface area is 154 Å². The Bertz CT molecular complexity index is 677. The predicted molar refractivity (Wildman–Crippen MR) is 103 cm³/mol. The topological polar surface area (TPSA) is 103 Å². The average Bonchev–Trinajstić information content (AvgIpc) is 2.62. The number of likely N-dealkylation sites (tertiary alicyclic amines) is 1. The lowest BCUT2D eigenvalue weighted by Gasteiger charge is -2.31. The van der Waals surface area contributed by atoms with E-state index >= 15 is 0 Å². The first-order valence-electron chi connectivity index (χ1n) is 9.32. The average molecular weight is 356 g/mol. The Hall–Kier alpha value is -2.41. The normalized spacial score (nSPS) is 15.9. The van der Waals surface area contributed by atoms with Crippen molar-refractivity contribution in [3.8, 4) is 5.75 Å². The number of hydrogen-bond acceptors (Lipinski definition) is 7. The highest BCUT2D eigenvalue weighted by molar-refractivity contribution is 5.27. The summed E-state index contributed by atoms with van der Waals surface area (Å²) in [6.45, 7) is 5.51. The van der Waals surface area contributed by atoms with Crippen LogP contribution in [0.2, 0.25) is 0 Å². The second-order valence-corrected chi connectivity index (χ2v) is 6.80. The highest BCUT2D eigenvalue weighted by atomic mass is 16.5. The van der Waals surface area contributed by atoms with Gasteiger partial charge in [0.2, 0.25) is 11.9 Å². The number of nitrogens with zero attached hydrogens (tertiary/aromatic N) is 4. The fourth-order valence-corrected chi connectivity index (χ4v) is 3.45. The molecule has 2 aromatic rings. The molecule has 0 atom stereocenters. The number of piperidine rings is 1. The summed E-state index contributed by atoms with van der Waals surface area (Å²) in [5, 5.41) is 0. The van der Waals surface area contributed by atoms with Gasteiger partial charge >= 0.3 is 0 Å². The van der Waals surface area contributed by atoms with Gasteiger partial charge in [-0.25, -0.2) is 0 Å². The van der Waals surface area contributed by atoms with Gasteiger partial charge in [0.15, 0.2) is 0 Å². The molecule has 1 aromatic heterocycles. The monoisotopic (exact) mass is 356 g/mol. The van der Waals surface area contributed by atoms with E-state index in [0.29, 0.717) is 19.0 Å². The van der Waals surface area contributed by atoms with E-state index in [1.54, 1.807) is 0 Å². The fourth-order valence-electron chi connectivity index (χ4n) is 3.45. The summed E-state index contributed by atoms with van der Waals surface area (Å²) in [7, 11) is 0. The van der Waals surface area contributed by atoms with Crippen molar-refractivity contribution < 1.29 is 4.74 Å². The van der Waals surface area contributed by atoms with Gasteiger partial charge in [0.1, 0.15) is 11.6 Å². The number of aryl methyl sites for hydroxylation is 1. The Morgan fingerprint density at radius 2 is 1.69 bits per heavy atom. The summed E-state index contributed by atoms with van der Waals surface area (Å²) in [6, 6.07) is 8.48. The Balaban J connectivity index is 1.42. The second kappa shape index (κ2) is 8.80. The van der Waals surface area contributed by atoms with Crippen LogP contribution in [-0.4, -0.2) is 39.5 Å². The molecule has 140 valence electrons. The summed E-state index contributed by atoms with van der Waals surface area (Å²) >= 11 is 0. The maximum absolute atomic E-state index is 5.64. The largest absolute Gasteiger partial charge is 0.494 e. The Morgan fingerprint density at radius 1 is 1.04 bits per heavy atom. The van der Waals surface area contributed by atoms with Crippen molar-refractivity contribution >= 4 is 11.9 Å². The molecule has 0 spiro atoms. The highest BCUT2D eigenvalue weighted by Gasteiger charge is 2.20. The molecule has 26 heavy (non-hydrogen) atoms. The van der Waals surface area contributed by atoms with Crippen molar-refractivity contribution in [1.82, 2.24) is 19.9 Å². The minimum atomic E-state index is 0.192. The van der Waals surface area contributed by atoms with Crippen LogP contribution < -0.4 is 16.2 Å². The molecule has 1 aromatic carbocycles. The van der Waals surface area contributed by atoms with Crippen molar-refractivity contribution in [3.05, 3.63) is 35.7 Å². The minimum absolute atomic E-state index is 0.192. The quantitative estimate of drug-likeness (QED) is 0.784.